The van der Waals surface area contributed by atoms with Crippen LogP contribution in [0, 0.1) is 13.8 Å². The second-order valence-electron chi connectivity index (χ2n) is 4.00. The normalized spacial score (nSPS) is 10.6. The Morgan fingerprint density at radius 3 is 2.89 bits per heavy atom. The van der Waals surface area contributed by atoms with Crippen molar-refractivity contribution in [2.75, 3.05) is 6.61 Å². The Morgan fingerprint density at radius 1 is 1.47 bits per heavy atom. The van der Waals surface area contributed by atoms with Gasteiger partial charge in [0.15, 0.2) is 12.3 Å². The predicted molar refractivity (Wildman–Crippen MR) is 65.1 cm³/mol. The predicted octanol–water partition coefficient (Wildman–Crippen LogP) is -0.507. The fourth-order valence-corrected chi connectivity index (χ4v) is 1.61. The molecule has 2 heterocycles. The zero-order chi connectivity index (χ0) is 14.0. The molecule has 2 aromatic rings. The number of hydrogen-bond donors (Lipinski definition) is 2. The number of carbonyl (C=O) groups excluding carboxylic acids is 2. The first-order valence-electron chi connectivity index (χ1n) is 5.51. The molecular formula is C11H13N5O3. The van der Waals surface area contributed by atoms with Gasteiger partial charge in [-0.15, -0.1) is 0 Å². The molecule has 0 aliphatic carbocycles. The minimum Gasteiger partial charge on any atom is -0.368 e. The molecule has 8 heteroatoms. The summed E-state index contributed by atoms with van der Waals surface area (Å²) in [5.41, 5.74) is 9.39. The Hall–Kier alpha value is -2.48. The van der Waals surface area contributed by atoms with E-state index in [1.54, 1.807) is 17.5 Å². The molecule has 0 radical (unpaired) electrons. The molecule has 2 amide bonds. The van der Waals surface area contributed by atoms with Gasteiger partial charge >= 0.3 is 0 Å². The third-order valence-corrected chi connectivity index (χ3v) is 2.47. The smallest absolute Gasteiger partial charge is 0.278 e. The van der Waals surface area contributed by atoms with Crippen molar-refractivity contribution in [3.8, 4) is 0 Å². The maximum Gasteiger partial charge on any atom is 0.278 e. The second-order valence-corrected chi connectivity index (χ2v) is 4.00. The largest absolute Gasteiger partial charge is 0.368 e. The van der Waals surface area contributed by atoms with Gasteiger partial charge in [0, 0.05) is 12.3 Å². The number of rotatable bonds is 4. The van der Waals surface area contributed by atoms with Crippen LogP contribution in [0.1, 0.15) is 21.7 Å². The molecule has 19 heavy (non-hydrogen) atoms. The number of aromatic nitrogens is 3. The van der Waals surface area contributed by atoms with Crippen LogP contribution in [0.2, 0.25) is 0 Å². The van der Waals surface area contributed by atoms with Crippen LogP contribution >= 0.6 is 0 Å². The second kappa shape index (κ2) is 5.02. The van der Waals surface area contributed by atoms with E-state index in [4.69, 9.17) is 5.73 Å². The summed E-state index contributed by atoms with van der Waals surface area (Å²) in [7, 11) is 0. The van der Waals surface area contributed by atoms with Crippen molar-refractivity contribution in [1.29, 1.82) is 0 Å². The molecule has 2 rings (SSSR count). The van der Waals surface area contributed by atoms with Crippen LogP contribution in [-0.2, 0) is 9.63 Å². The summed E-state index contributed by atoms with van der Waals surface area (Å²) in [6.07, 6.45) is 1.43. The van der Waals surface area contributed by atoms with Gasteiger partial charge in [-0.3, -0.25) is 14.4 Å². The summed E-state index contributed by atoms with van der Waals surface area (Å²) >= 11 is 0. The quantitative estimate of drug-likeness (QED) is 0.722. The first-order chi connectivity index (χ1) is 8.99. The van der Waals surface area contributed by atoms with E-state index < -0.39 is 11.8 Å². The monoisotopic (exact) mass is 263 g/mol. The van der Waals surface area contributed by atoms with E-state index in [9.17, 15) is 9.59 Å². The van der Waals surface area contributed by atoms with E-state index in [0.29, 0.717) is 16.9 Å². The number of nitrogens with two attached hydrogens (primary N) is 1. The van der Waals surface area contributed by atoms with Crippen molar-refractivity contribution < 1.29 is 14.4 Å². The van der Waals surface area contributed by atoms with Crippen molar-refractivity contribution >= 4 is 17.5 Å². The number of nitrogens with one attached hydrogen (secondary N) is 1. The molecule has 0 spiro atoms. The lowest BCUT2D eigenvalue weighted by Gasteiger charge is -2.07. The van der Waals surface area contributed by atoms with Crippen LogP contribution < -0.4 is 11.2 Å². The average molecular weight is 263 g/mol. The number of aryl methyl sites for hydroxylation is 2. The molecule has 0 atom stereocenters. The molecule has 0 bridgehead atoms. The molecule has 8 nitrogen and oxygen atoms in total. The maximum atomic E-state index is 11.8. The molecular weight excluding hydrogens is 250 g/mol. The van der Waals surface area contributed by atoms with Gasteiger partial charge in [0.05, 0.1) is 17.0 Å². The molecule has 3 N–H and O–H groups in total. The van der Waals surface area contributed by atoms with Crippen LogP contribution in [0.3, 0.4) is 0 Å². The lowest BCUT2D eigenvalue weighted by molar-refractivity contribution is -0.124. The number of primary amides is 1. The van der Waals surface area contributed by atoms with Crippen molar-refractivity contribution in [2.24, 2.45) is 5.73 Å². The Kier molecular flexibility index (Phi) is 3.43. The summed E-state index contributed by atoms with van der Waals surface area (Å²) < 4.78 is 1.57. The Labute approximate surface area is 108 Å². The van der Waals surface area contributed by atoms with Gasteiger partial charge < -0.3 is 5.73 Å². The highest BCUT2D eigenvalue weighted by Gasteiger charge is 2.14. The third kappa shape index (κ3) is 2.68. The summed E-state index contributed by atoms with van der Waals surface area (Å²) in [4.78, 5) is 31.1. The van der Waals surface area contributed by atoms with E-state index in [1.807, 2.05) is 6.92 Å². The molecule has 0 aromatic carbocycles. The number of fused-ring (bicyclic) bond motifs is 1. The van der Waals surface area contributed by atoms with Crippen molar-refractivity contribution in [3.05, 3.63) is 29.2 Å². The summed E-state index contributed by atoms with van der Waals surface area (Å²) in [5, 5.41) is 4.22. The minimum absolute atomic E-state index is 0.306. The molecule has 0 saturated carbocycles. The van der Waals surface area contributed by atoms with Crippen molar-refractivity contribution in [1.82, 2.24) is 20.1 Å². The third-order valence-electron chi connectivity index (χ3n) is 2.47. The van der Waals surface area contributed by atoms with Crippen LogP contribution in [-0.4, -0.2) is 33.0 Å². The topological polar surface area (TPSA) is 112 Å². The lowest BCUT2D eigenvalue weighted by Crippen LogP contribution is -2.30. The molecule has 0 aliphatic rings. The fourth-order valence-electron chi connectivity index (χ4n) is 1.61. The molecule has 0 unspecified atom stereocenters. The number of amides is 2. The van der Waals surface area contributed by atoms with Crippen molar-refractivity contribution in [3.63, 3.8) is 0 Å². The summed E-state index contributed by atoms with van der Waals surface area (Å²) in [6, 6.07) is 1.80. The molecule has 2 aromatic heterocycles. The van der Waals surface area contributed by atoms with Crippen molar-refractivity contribution in [2.45, 2.75) is 13.8 Å². The highest BCUT2D eigenvalue weighted by molar-refractivity contribution is 5.94. The molecule has 0 saturated heterocycles. The van der Waals surface area contributed by atoms with Gasteiger partial charge in [0.2, 0.25) is 5.91 Å². The molecule has 100 valence electrons. The minimum atomic E-state index is -0.673. The zero-order valence-electron chi connectivity index (χ0n) is 10.5. The van der Waals surface area contributed by atoms with E-state index in [1.165, 1.54) is 6.20 Å². The highest BCUT2D eigenvalue weighted by Crippen LogP contribution is 2.10. The zero-order valence-corrected chi connectivity index (χ0v) is 10.5. The van der Waals surface area contributed by atoms with Crippen LogP contribution in [0.5, 0.6) is 0 Å². The standard InChI is InChI=1S/C11H13N5O3/c1-6-3-10-13-4-8(7(2)16(10)14-6)11(18)15-19-5-9(12)17/h3-4H,5H2,1-2H3,(H2,12,17)(H,15,18). The van der Waals surface area contributed by atoms with Gasteiger partial charge in [-0.05, 0) is 13.8 Å². The van der Waals surface area contributed by atoms with Crippen LogP contribution in [0.4, 0.5) is 0 Å². The molecule has 0 aliphatic heterocycles. The number of nitrogens with zero attached hydrogens (tertiary/aromatic N) is 3. The average Bonchev–Trinajstić information content (AvgIpc) is 2.70. The molecule has 0 fully saturated rings. The number of hydrogen-bond acceptors (Lipinski definition) is 5. The Balaban J connectivity index is 2.22. The van der Waals surface area contributed by atoms with E-state index in [0.717, 1.165) is 5.69 Å². The Bertz CT molecular complexity index is 649. The summed E-state index contributed by atoms with van der Waals surface area (Å²) in [6.45, 7) is 3.19. The van der Waals surface area contributed by atoms with Gasteiger partial charge in [0.1, 0.15) is 0 Å². The van der Waals surface area contributed by atoms with Gasteiger partial charge in [-0.25, -0.2) is 15.0 Å². The Morgan fingerprint density at radius 2 is 2.21 bits per heavy atom. The van der Waals surface area contributed by atoms with E-state index >= 15 is 0 Å². The summed E-state index contributed by atoms with van der Waals surface area (Å²) in [5.74, 6) is -1.19. The number of hydroxylamine groups is 1. The first-order valence-corrected chi connectivity index (χ1v) is 5.51. The van der Waals surface area contributed by atoms with Gasteiger partial charge in [0.25, 0.3) is 5.91 Å². The SMILES string of the molecule is Cc1cc2ncc(C(=O)NOCC(N)=O)c(C)n2n1. The maximum absolute atomic E-state index is 11.8. The highest BCUT2D eigenvalue weighted by atomic mass is 16.7. The van der Waals surface area contributed by atoms with Crippen LogP contribution in [0.15, 0.2) is 12.3 Å². The van der Waals surface area contributed by atoms with Crippen LogP contribution in [0.25, 0.3) is 5.65 Å². The van der Waals surface area contributed by atoms with Gasteiger partial charge in [-0.1, -0.05) is 0 Å². The lowest BCUT2D eigenvalue weighted by atomic mass is 10.2. The van der Waals surface area contributed by atoms with E-state index in [2.05, 4.69) is 20.4 Å². The van der Waals surface area contributed by atoms with Gasteiger partial charge in [-0.2, -0.15) is 5.10 Å². The number of carbonyl (C=O) groups is 2. The fraction of sp³-hybridized carbons (Fsp3) is 0.273. The van der Waals surface area contributed by atoms with E-state index in [-0.39, 0.29) is 6.61 Å². The first kappa shape index (κ1) is 13.0.